The van der Waals surface area contributed by atoms with Gasteiger partial charge in [0.25, 0.3) is 0 Å². The van der Waals surface area contributed by atoms with Crippen LogP contribution in [0.5, 0.6) is 6.01 Å². The van der Waals surface area contributed by atoms with Crippen LogP contribution in [-0.2, 0) is 13.0 Å². The first kappa shape index (κ1) is 28.3. The van der Waals surface area contributed by atoms with Crippen molar-refractivity contribution in [2.24, 2.45) is 0 Å². The standard InChI is InChI=1S/C34H44N8O/c1-24-7-4-8-25-9-5-11-31(32(24)25)41-16-13-29-30(22-41)36-34(43-23-27-10-6-15-38(27)2)37-33(29)42-18-17-40(21-28-19-39(28)3)26(20-42)12-14-35/h4-5,7-9,11,26-28H,6,10,12-13,15-23H2,1-3H3/t26-,27-,28+,39?/m0/s1. The fraction of sp³-hybridized carbons (Fsp3) is 0.559. The van der Waals surface area contributed by atoms with Gasteiger partial charge in [-0.25, -0.2) is 0 Å². The van der Waals surface area contributed by atoms with Crippen LogP contribution in [-0.4, -0.2) is 109 Å². The Morgan fingerprint density at radius 1 is 0.930 bits per heavy atom. The number of fused-ring (bicyclic) bond motifs is 2. The molecule has 226 valence electrons. The van der Waals surface area contributed by atoms with Crippen molar-refractivity contribution >= 4 is 22.3 Å². The maximum atomic E-state index is 9.70. The highest BCUT2D eigenvalue weighted by molar-refractivity contribution is 5.97. The van der Waals surface area contributed by atoms with Gasteiger partial charge in [-0.3, -0.25) is 9.80 Å². The number of likely N-dealkylation sites (N-methyl/N-ethyl adjacent to an activating group) is 2. The van der Waals surface area contributed by atoms with E-state index in [0.29, 0.717) is 31.1 Å². The number of rotatable bonds is 8. The van der Waals surface area contributed by atoms with Crippen molar-refractivity contribution in [2.75, 3.05) is 76.3 Å². The Hall–Kier alpha value is -3.45. The van der Waals surface area contributed by atoms with Crippen LogP contribution in [0.15, 0.2) is 36.4 Å². The summed E-state index contributed by atoms with van der Waals surface area (Å²) in [7, 11) is 4.36. The number of piperazine rings is 1. The topological polar surface area (TPSA) is 74.8 Å². The van der Waals surface area contributed by atoms with Gasteiger partial charge in [-0.2, -0.15) is 15.2 Å². The van der Waals surface area contributed by atoms with E-state index in [4.69, 9.17) is 14.7 Å². The van der Waals surface area contributed by atoms with Crippen LogP contribution in [0, 0.1) is 18.3 Å². The van der Waals surface area contributed by atoms with Crippen molar-refractivity contribution in [1.82, 2.24) is 24.7 Å². The largest absolute Gasteiger partial charge is 0.462 e. The zero-order valence-electron chi connectivity index (χ0n) is 25.9. The van der Waals surface area contributed by atoms with Crippen molar-refractivity contribution in [2.45, 2.75) is 57.3 Å². The molecule has 0 aliphatic carbocycles. The smallest absolute Gasteiger partial charge is 0.318 e. The molecule has 43 heavy (non-hydrogen) atoms. The number of aromatic nitrogens is 2. The number of nitriles is 1. The molecule has 0 bridgehead atoms. The van der Waals surface area contributed by atoms with Crippen molar-refractivity contribution in [3.8, 4) is 12.1 Å². The predicted octanol–water partition coefficient (Wildman–Crippen LogP) is 3.69. The molecule has 3 aromatic rings. The second-order valence-electron chi connectivity index (χ2n) is 13.0. The van der Waals surface area contributed by atoms with Gasteiger partial charge in [0.05, 0.1) is 24.7 Å². The van der Waals surface area contributed by atoms with Crippen molar-refractivity contribution in [3.05, 3.63) is 53.2 Å². The van der Waals surface area contributed by atoms with E-state index in [0.717, 1.165) is 76.7 Å². The maximum Gasteiger partial charge on any atom is 0.318 e. The Morgan fingerprint density at radius 3 is 2.53 bits per heavy atom. The summed E-state index contributed by atoms with van der Waals surface area (Å²) in [6.45, 7) is 10.4. The minimum Gasteiger partial charge on any atom is -0.462 e. The Bertz CT molecular complexity index is 1520. The lowest BCUT2D eigenvalue weighted by atomic mass is 9.99. The Labute approximate surface area is 255 Å². The maximum absolute atomic E-state index is 9.70. The molecule has 2 aromatic carbocycles. The summed E-state index contributed by atoms with van der Waals surface area (Å²) >= 11 is 0. The first-order chi connectivity index (χ1) is 21.0. The van der Waals surface area contributed by atoms with E-state index in [-0.39, 0.29) is 6.04 Å². The molecule has 3 saturated heterocycles. The molecule has 4 aliphatic heterocycles. The van der Waals surface area contributed by atoms with Crippen LogP contribution in [0.25, 0.3) is 10.8 Å². The predicted molar refractivity (Wildman–Crippen MR) is 171 cm³/mol. The average Bonchev–Trinajstić information content (AvgIpc) is 3.55. The van der Waals surface area contributed by atoms with Gasteiger partial charge in [-0.1, -0.05) is 30.3 Å². The van der Waals surface area contributed by atoms with Gasteiger partial charge in [0.1, 0.15) is 12.4 Å². The fourth-order valence-electron chi connectivity index (χ4n) is 7.43. The van der Waals surface area contributed by atoms with Crippen LogP contribution >= 0.6 is 0 Å². The average molecular weight is 581 g/mol. The summed E-state index contributed by atoms with van der Waals surface area (Å²) in [5.74, 6) is 1.01. The molecule has 7 rings (SSSR count). The number of anilines is 2. The molecule has 1 unspecified atom stereocenters. The van der Waals surface area contributed by atoms with Gasteiger partial charge >= 0.3 is 6.01 Å². The second kappa shape index (κ2) is 11.9. The molecule has 5 heterocycles. The summed E-state index contributed by atoms with van der Waals surface area (Å²) < 4.78 is 6.38. The quantitative estimate of drug-likeness (QED) is 0.371. The molecule has 9 heteroatoms. The molecule has 0 saturated carbocycles. The van der Waals surface area contributed by atoms with Gasteiger partial charge in [-0.15, -0.1) is 0 Å². The molecule has 0 radical (unpaired) electrons. The Balaban J connectivity index is 1.19. The number of ether oxygens (including phenoxy) is 1. The summed E-state index contributed by atoms with van der Waals surface area (Å²) in [6.07, 6.45) is 3.78. The SMILES string of the molecule is Cc1cccc2cccc(N3CCc4c(nc(OC[C@@H]5CCCN5C)nc4N4CCN(C[C@H]5CN5C)[C@@H](CC#N)C4)C3)c12. The summed E-state index contributed by atoms with van der Waals surface area (Å²) in [6, 6.07) is 17.3. The molecule has 4 atom stereocenters. The van der Waals surface area contributed by atoms with Crippen LogP contribution in [0.2, 0.25) is 0 Å². The van der Waals surface area contributed by atoms with Gasteiger partial charge in [0.2, 0.25) is 0 Å². The lowest BCUT2D eigenvalue weighted by Crippen LogP contribution is -2.54. The van der Waals surface area contributed by atoms with Crippen LogP contribution < -0.4 is 14.5 Å². The molecule has 0 N–H and O–H groups in total. The van der Waals surface area contributed by atoms with Crippen molar-refractivity contribution in [3.63, 3.8) is 0 Å². The molecule has 0 spiro atoms. The van der Waals surface area contributed by atoms with Crippen molar-refractivity contribution < 1.29 is 4.74 Å². The number of likely N-dealkylation sites (tertiary alicyclic amines) is 1. The lowest BCUT2D eigenvalue weighted by molar-refractivity contribution is 0.173. The van der Waals surface area contributed by atoms with Crippen LogP contribution in [0.4, 0.5) is 11.5 Å². The van der Waals surface area contributed by atoms with Gasteiger partial charge in [0, 0.05) is 74.0 Å². The third-order valence-electron chi connectivity index (χ3n) is 10.2. The Kier molecular flexibility index (Phi) is 7.85. The van der Waals surface area contributed by atoms with Gasteiger partial charge < -0.3 is 19.4 Å². The zero-order valence-corrected chi connectivity index (χ0v) is 25.9. The minimum absolute atomic E-state index is 0.202. The summed E-state index contributed by atoms with van der Waals surface area (Å²) in [5, 5.41) is 12.3. The number of hydrogen-bond acceptors (Lipinski definition) is 9. The zero-order chi connectivity index (χ0) is 29.5. The fourth-order valence-corrected chi connectivity index (χ4v) is 7.43. The van der Waals surface area contributed by atoms with Gasteiger partial charge in [0.15, 0.2) is 0 Å². The van der Waals surface area contributed by atoms with Crippen LogP contribution in [0.3, 0.4) is 0 Å². The number of nitrogens with zero attached hydrogens (tertiary/aromatic N) is 8. The van der Waals surface area contributed by atoms with E-state index in [9.17, 15) is 5.26 Å². The van der Waals surface area contributed by atoms with Crippen LogP contribution in [0.1, 0.15) is 36.1 Å². The minimum atomic E-state index is 0.202. The summed E-state index contributed by atoms with van der Waals surface area (Å²) in [4.78, 5) is 22.4. The lowest BCUT2D eigenvalue weighted by Gasteiger charge is -2.42. The number of hydrogen-bond donors (Lipinski definition) is 0. The van der Waals surface area contributed by atoms with E-state index in [1.807, 2.05) is 0 Å². The molecular weight excluding hydrogens is 536 g/mol. The van der Waals surface area contributed by atoms with E-state index >= 15 is 0 Å². The highest BCUT2D eigenvalue weighted by Gasteiger charge is 2.37. The van der Waals surface area contributed by atoms with E-state index in [1.54, 1.807) is 0 Å². The normalized spacial score (nSPS) is 26.0. The van der Waals surface area contributed by atoms with Crippen molar-refractivity contribution in [1.29, 1.82) is 5.26 Å². The molecule has 4 aliphatic rings. The summed E-state index contributed by atoms with van der Waals surface area (Å²) in [5.41, 5.74) is 4.87. The number of aryl methyl sites for hydroxylation is 1. The van der Waals surface area contributed by atoms with E-state index < -0.39 is 0 Å². The molecule has 1 aromatic heterocycles. The highest BCUT2D eigenvalue weighted by Crippen LogP contribution is 2.36. The van der Waals surface area contributed by atoms with Gasteiger partial charge in [-0.05, 0) is 63.8 Å². The monoisotopic (exact) mass is 580 g/mol. The molecule has 0 amide bonds. The third kappa shape index (κ3) is 5.76. The first-order valence-corrected chi connectivity index (χ1v) is 16.0. The van der Waals surface area contributed by atoms with E-state index in [1.165, 1.54) is 34.0 Å². The third-order valence-corrected chi connectivity index (χ3v) is 10.2. The first-order valence-electron chi connectivity index (χ1n) is 16.0. The molecule has 3 fully saturated rings. The highest BCUT2D eigenvalue weighted by atomic mass is 16.5. The second-order valence-corrected chi connectivity index (χ2v) is 13.0. The molecular formula is C34H44N8O. The van der Waals surface area contributed by atoms with E-state index in [2.05, 4.69) is 88.0 Å². The number of benzene rings is 2. The molecule has 9 nitrogen and oxygen atoms in total. The Morgan fingerprint density at radius 2 is 1.77 bits per heavy atom.